The standard InChI is InChI=1S/C12H14N2O4/c15-10-5-4-8(12(17)18)7-14(10)9-3-1-2-6-13-11(9)16/h4-5,7,9H,1-3,6H2,(H,13,16)(H,17,18)/t9-/m0/s1. The van der Waals surface area contributed by atoms with E-state index in [2.05, 4.69) is 5.32 Å². The number of carbonyl (C=O) groups excluding carboxylic acids is 1. The van der Waals surface area contributed by atoms with Crippen LogP contribution in [0.3, 0.4) is 0 Å². The smallest absolute Gasteiger partial charge is 0.337 e. The fourth-order valence-corrected chi connectivity index (χ4v) is 2.06. The molecule has 1 aliphatic rings. The van der Waals surface area contributed by atoms with Gasteiger partial charge < -0.3 is 15.0 Å². The molecule has 2 N–H and O–H groups in total. The second-order valence-electron chi connectivity index (χ2n) is 4.27. The van der Waals surface area contributed by atoms with E-state index in [9.17, 15) is 14.4 Å². The summed E-state index contributed by atoms with van der Waals surface area (Å²) in [5, 5.41) is 11.6. The molecule has 1 fully saturated rings. The second-order valence-corrected chi connectivity index (χ2v) is 4.27. The number of nitrogens with one attached hydrogen (secondary N) is 1. The van der Waals surface area contributed by atoms with Crippen LogP contribution in [0.5, 0.6) is 0 Å². The Hall–Kier alpha value is -2.11. The molecule has 96 valence electrons. The number of nitrogens with zero attached hydrogens (tertiary/aromatic N) is 1. The maximum absolute atomic E-state index is 11.8. The van der Waals surface area contributed by atoms with Crippen LogP contribution >= 0.6 is 0 Å². The van der Waals surface area contributed by atoms with Crippen molar-refractivity contribution in [1.82, 2.24) is 9.88 Å². The molecule has 2 heterocycles. The van der Waals surface area contributed by atoms with Gasteiger partial charge in [-0.2, -0.15) is 0 Å². The molecule has 1 atom stereocenters. The highest BCUT2D eigenvalue weighted by molar-refractivity contribution is 5.87. The minimum atomic E-state index is -1.11. The second kappa shape index (κ2) is 5.03. The summed E-state index contributed by atoms with van der Waals surface area (Å²) in [6.45, 7) is 0.600. The predicted molar refractivity (Wildman–Crippen MR) is 63.6 cm³/mol. The fraction of sp³-hybridized carbons (Fsp3) is 0.417. The lowest BCUT2D eigenvalue weighted by molar-refractivity contribution is -0.124. The van der Waals surface area contributed by atoms with Gasteiger partial charge in [0.25, 0.3) is 5.56 Å². The number of hydrogen-bond acceptors (Lipinski definition) is 3. The fourth-order valence-electron chi connectivity index (χ4n) is 2.06. The molecule has 1 aliphatic heterocycles. The van der Waals surface area contributed by atoms with E-state index in [0.29, 0.717) is 13.0 Å². The summed E-state index contributed by atoms with van der Waals surface area (Å²) < 4.78 is 1.21. The summed E-state index contributed by atoms with van der Waals surface area (Å²) >= 11 is 0. The highest BCUT2D eigenvalue weighted by atomic mass is 16.4. The van der Waals surface area contributed by atoms with Crippen LogP contribution in [0.2, 0.25) is 0 Å². The number of carboxylic acid groups (broad SMARTS) is 1. The van der Waals surface area contributed by atoms with Crippen LogP contribution in [-0.4, -0.2) is 28.1 Å². The molecule has 6 heteroatoms. The summed E-state index contributed by atoms with van der Waals surface area (Å²) in [7, 11) is 0. The number of aromatic carboxylic acids is 1. The molecule has 0 aromatic carbocycles. The zero-order chi connectivity index (χ0) is 13.1. The van der Waals surface area contributed by atoms with Crippen molar-refractivity contribution in [3.63, 3.8) is 0 Å². The number of pyridine rings is 1. The van der Waals surface area contributed by atoms with Crippen LogP contribution in [0.15, 0.2) is 23.1 Å². The first kappa shape index (κ1) is 12.3. The Bertz CT molecular complexity index is 535. The summed E-state index contributed by atoms with van der Waals surface area (Å²) in [4.78, 5) is 34.5. The lowest BCUT2D eigenvalue weighted by Gasteiger charge is -2.16. The molecule has 18 heavy (non-hydrogen) atoms. The van der Waals surface area contributed by atoms with E-state index < -0.39 is 12.0 Å². The van der Waals surface area contributed by atoms with Crippen molar-refractivity contribution in [2.24, 2.45) is 0 Å². The van der Waals surface area contributed by atoms with Gasteiger partial charge in [0.15, 0.2) is 0 Å². The maximum Gasteiger partial charge on any atom is 0.337 e. The average molecular weight is 250 g/mol. The van der Waals surface area contributed by atoms with Gasteiger partial charge in [0.1, 0.15) is 6.04 Å². The Kier molecular flexibility index (Phi) is 3.45. The van der Waals surface area contributed by atoms with Gasteiger partial charge in [0.2, 0.25) is 5.91 Å². The number of rotatable bonds is 2. The van der Waals surface area contributed by atoms with Gasteiger partial charge in [-0.25, -0.2) is 4.79 Å². The van der Waals surface area contributed by atoms with Gasteiger partial charge in [0.05, 0.1) is 5.56 Å². The number of hydrogen-bond donors (Lipinski definition) is 2. The Balaban J connectivity index is 2.41. The van der Waals surface area contributed by atoms with Crippen molar-refractivity contribution in [3.8, 4) is 0 Å². The molecule has 0 bridgehead atoms. The number of aromatic nitrogens is 1. The summed E-state index contributed by atoms with van der Waals surface area (Å²) in [6, 6.07) is 1.82. The Morgan fingerprint density at radius 2 is 2.11 bits per heavy atom. The largest absolute Gasteiger partial charge is 0.478 e. The van der Waals surface area contributed by atoms with Crippen molar-refractivity contribution in [1.29, 1.82) is 0 Å². The molecule has 0 saturated carbocycles. The maximum atomic E-state index is 11.8. The van der Waals surface area contributed by atoms with Gasteiger partial charge in [0, 0.05) is 18.8 Å². The summed E-state index contributed by atoms with van der Waals surface area (Å²) in [6.07, 6.45) is 3.48. The van der Waals surface area contributed by atoms with E-state index in [-0.39, 0.29) is 17.0 Å². The minimum absolute atomic E-state index is 0.00615. The van der Waals surface area contributed by atoms with E-state index in [1.54, 1.807) is 0 Å². The first-order valence-electron chi connectivity index (χ1n) is 5.83. The predicted octanol–water partition coefficient (Wildman–Crippen LogP) is 0.388. The SMILES string of the molecule is O=C(O)c1ccc(=O)n([C@H]2CCCCNC2=O)c1. The van der Waals surface area contributed by atoms with Gasteiger partial charge in [-0.15, -0.1) is 0 Å². The van der Waals surface area contributed by atoms with Crippen molar-refractivity contribution >= 4 is 11.9 Å². The third kappa shape index (κ3) is 2.42. The first-order chi connectivity index (χ1) is 8.59. The normalized spacial score (nSPS) is 20.0. The lowest BCUT2D eigenvalue weighted by atomic mass is 10.1. The number of amides is 1. The molecule has 1 amide bonds. The molecule has 0 unspecified atom stereocenters. The van der Waals surface area contributed by atoms with E-state index >= 15 is 0 Å². The zero-order valence-electron chi connectivity index (χ0n) is 9.76. The van der Waals surface area contributed by atoms with Gasteiger partial charge in [-0.3, -0.25) is 9.59 Å². The van der Waals surface area contributed by atoms with Crippen LogP contribution in [0.4, 0.5) is 0 Å². The molecule has 2 rings (SSSR count). The van der Waals surface area contributed by atoms with Crippen LogP contribution in [0.1, 0.15) is 35.7 Å². The van der Waals surface area contributed by atoms with Crippen LogP contribution in [0, 0.1) is 0 Å². The van der Waals surface area contributed by atoms with Crippen LogP contribution in [-0.2, 0) is 4.79 Å². The lowest BCUT2D eigenvalue weighted by Crippen LogP contribution is -2.35. The first-order valence-corrected chi connectivity index (χ1v) is 5.83. The van der Waals surface area contributed by atoms with E-state index in [1.165, 1.54) is 22.9 Å². The number of carboxylic acids is 1. The highest BCUT2D eigenvalue weighted by Gasteiger charge is 2.23. The topological polar surface area (TPSA) is 88.4 Å². The van der Waals surface area contributed by atoms with Crippen molar-refractivity contribution in [3.05, 3.63) is 34.2 Å². The minimum Gasteiger partial charge on any atom is -0.478 e. The average Bonchev–Trinajstić information content (AvgIpc) is 2.54. The quantitative estimate of drug-likeness (QED) is 0.794. The number of carbonyl (C=O) groups is 2. The zero-order valence-corrected chi connectivity index (χ0v) is 9.76. The van der Waals surface area contributed by atoms with Crippen LogP contribution in [0.25, 0.3) is 0 Å². The van der Waals surface area contributed by atoms with Gasteiger partial charge in [-0.1, -0.05) is 0 Å². The molecule has 0 aliphatic carbocycles. The summed E-state index contributed by atoms with van der Waals surface area (Å²) in [5.41, 5.74) is -0.353. The monoisotopic (exact) mass is 250 g/mol. The van der Waals surface area contributed by atoms with Gasteiger partial charge in [-0.05, 0) is 25.3 Å². The third-order valence-corrected chi connectivity index (χ3v) is 3.03. The molecule has 1 aromatic heterocycles. The van der Waals surface area contributed by atoms with Crippen molar-refractivity contribution < 1.29 is 14.7 Å². The van der Waals surface area contributed by atoms with E-state index in [0.717, 1.165) is 12.8 Å². The van der Waals surface area contributed by atoms with E-state index in [1.807, 2.05) is 0 Å². The van der Waals surface area contributed by atoms with Gasteiger partial charge >= 0.3 is 5.97 Å². The molecular weight excluding hydrogens is 236 g/mol. The van der Waals surface area contributed by atoms with Crippen LogP contribution < -0.4 is 10.9 Å². The molecule has 6 nitrogen and oxygen atoms in total. The molecular formula is C12H14N2O4. The molecule has 1 aromatic rings. The van der Waals surface area contributed by atoms with Crippen molar-refractivity contribution in [2.75, 3.05) is 6.54 Å². The molecule has 1 saturated heterocycles. The molecule has 0 spiro atoms. The Morgan fingerprint density at radius 1 is 1.33 bits per heavy atom. The molecule has 0 radical (unpaired) electrons. The summed E-state index contributed by atoms with van der Waals surface area (Å²) in [5.74, 6) is -1.34. The third-order valence-electron chi connectivity index (χ3n) is 3.03. The van der Waals surface area contributed by atoms with E-state index in [4.69, 9.17) is 5.11 Å². The highest BCUT2D eigenvalue weighted by Crippen LogP contribution is 2.16. The van der Waals surface area contributed by atoms with Crippen molar-refractivity contribution in [2.45, 2.75) is 25.3 Å². The Labute approximate surface area is 103 Å². The Morgan fingerprint density at radius 3 is 2.83 bits per heavy atom.